The summed E-state index contributed by atoms with van der Waals surface area (Å²) in [4.78, 5) is 2.41. The zero-order valence-corrected chi connectivity index (χ0v) is 27.0. The number of aryl methyl sites for hydroxylation is 1. The van der Waals surface area contributed by atoms with Crippen LogP contribution in [-0.2, 0) is 18.3 Å². The van der Waals surface area contributed by atoms with Gasteiger partial charge in [-0.25, -0.2) is 0 Å². The third-order valence-electron chi connectivity index (χ3n) is 10.5. The lowest BCUT2D eigenvalue weighted by atomic mass is 9.67. The van der Waals surface area contributed by atoms with Gasteiger partial charge in [0.05, 0.1) is 5.41 Å². The van der Waals surface area contributed by atoms with Crippen LogP contribution in [0, 0.1) is 0 Å². The SMILES string of the molecule is c1ccc(N(c2ccc(-c3cccc4c3CCCC4)cc2)c2ccc3c(c2)C(c2ccccc2)(c2ccccc2)c2ccccc2-3)cc1. The Bertz CT molecular complexity index is 2180. The summed E-state index contributed by atoms with van der Waals surface area (Å²) >= 11 is 0. The van der Waals surface area contributed by atoms with Crippen LogP contribution in [0.2, 0.25) is 0 Å². The van der Waals surface area contributed by atoms with Crippen LogP contribution < -0.4 is 4.90 Å². The van der Waals surface area contributed by atoms with Crippen molar-refractivity contribution in [3.8, 4) is 22.3 Å². The van der Waals surface area contributed by atoms with E-state index in [-0.39, 0.29) is 0 Å². The van der Waals surface area contributed by atoms with E-state index in [9.17, 15) is 0 Å². The minimum Gasteiger partial charge on any atom is -0.310 e. The molecule has 1 heteroatoms. The van der Waals surface area contributed by atoms with Crippen LogP contribution in [0.5, 0.6) is 0 Å². The largest absolute Gasteiger partial charge is 0.310 e. The van der Waals surface area contributed by atoms with Crippen LogP contribution in [0.3, 0.4) is 0 Å². The first-order valence-corrected chi connectivity index (χ1v) is 17.2. The minimum absolute atomic E-state index is 0.441. The number of hydrogen-bond acceptors (Lipinski definition) is 1. The fraction of sp³-hybridized carbons (Fsp3) is 0.106. The minimum atomic E-state index is -0.441. The van der Waals surface area contributed by atoms with E-state index < -0.39 is 5.41 Å². The molecule has 9 rings (SSSR count). The predicted octanol–water partition coefficient (Wildman–Crippen LogP) is 12.1. The molecule has 0 heterocycles. The highest BCUT2D eigenvalue weighted by Crippen LogP contribution is 2.57. The van der Waals surface area contributed by atoms with Gasteiger partial charge in [-0.3, -0.25) is 0 Å². The van der Waals surface area contributed by atoms with E-state index >= 15 is 0 Å². The Morgan fingerprint density at radius 1 is 0.396 bits per heavy atom. The topological polar surface area (TPSA) is 3.24 Å². The second-order valence-electron chi connectivity index (χ2n) is 13.1. The van der Waals surface area contributed by atoms with Crippen LogP contribution in [0.15, 0.2) is 176 Å². The van der Waals surface area contributed by atoms with Gasteiger partial charge in [0, 0.05) is 17.1 Å². The highest BCUT2D eigenvalue weighted by atomic mass is 15.1. The summed E-state index contributed by atoms with van der Waals surface area (Å²) in [6.07, 6.45) is 4.94. The molecular formula is C47H37N. The van der Waals surface area contributed by atoms with Gasteiger partial charge in [-0.2, -0.15) is 0 Å². The maximum absolute atomic E-state index is 2.45. The molecule has 1 nitrogen and oxygen atoms in total. The molecule has 0 N–H and O–H groups in total. The van der Waals surface area contributed by atoms with E-state index in [4.69, 9.17) is 0 Å². The Morgan fingerprint density at radius 3 is 1.69 bits per heavy atom. The number of hydrogen-bond donors (Lipinski definition) is 0. The number of benzene rings is 7. The number of anilines is 3. The summed E-state index contributed by atoms with van der Waals surface area (Å²) < 4.78 is 0. The molecule has 0 unspecified atom stereocenters. The molecule has 0 spiro atoms. The zero-order chi connectivity index (χ0) is 31.9. The molecule has 0 radical (unpaired) electrons. The van der Waals surface area contributed by atoms with E-state index in [1.807, 2.05) is 0 Å². The van der Waals surface area contributed by atoms with Crippen LogP contribution in [0.1, 0.15) is 46.2 Å². The van der Waals surface area contributed by atoms with Gasteiger partial charge in [0.25, 0.3) is 0 Å². The smallest absolute Gasteiger partial charge is 0.0714 e. The van der Waals surface area contributed by atoms with Gasteiger partial charge >= 0.3 is 0 Å². The molecular weight excluding hydrogens is 579 g/mol. The second-order valence-corrected chi connectivity index (χ2v) is 13.1. The predicted molar refractivity (Wildman–Crippen MR) is 201 cm³/mol. The van der Waals surface area contributed by atoms with Crippen molar-refractivity contribution >= 4 is 17.1 Å². The average Bonchev–Trinajstić information content (AvgIpc) is 3.47. The summed E-state index contributed by atoms with van der Waals surface area (Å²) in [5.41, 5.74) is 16.5. The number of fused-ring (bicyclic) bond motifs is 4. The summed E-state index contributed by atoms with van der Waals surface area (Å²) in [5, 5.41) is 0. The molecule has 7 aromatic carbocycles. The van der Waals surface area contributed by atoms with E-state index in [0.29, 0.717) is 0 Å². The Kier molecular flexibility index (Phi) is 7.05. The standard InChI is InChI=1S/C47H37N/c1-4-17-36(18-5-1)47(37-19-6-2-7-20-37)45-26-13-12-24-43(45)44-32-31-40(33-46(44)47)48(38-21-8-3-9-22-38)39-29-27-35(28-30-39)42-25-14-16-34-15-10-11-23-41(34)42/h1-9,12-14,16-22,24-33H,10-11,15,23H2. The van der Waals surface area contributed by atoms with Gasteiger partial charge in [-0.15, -0.1) is 0 Å². The monoisotopic (exact) mass is 615 g/mol. The van der Waals surface area contributed by atoms with E-state index in [1.54, 1.807) is 0 Å². The van der Waals surface area contributed by atoms with Crippen molar-refractivity contribution in [3.63, 3.8) is 0 Å². The molecule has 7 aromatic rings. The van der Waals surface area contributed by atoms with Gasteiger partial charge in [0.2, 0.25) is 0 Å². The van der Waals surface area contributed by atoms with E-state index in [2.05, 4.69) is 181 Å². The van der Waals surface area contributed by atoms with Gasteiger partial charge in [-0.05, 0) is 118 Å². The summed E-state index contributed by atoms with van der Waals surface area (Å²) in [5.74, 6) is 0. The van der Waals surface area contributed by atoms with Crippen molar-refractivity contribution in [2.75, 3.05) is 4.90 Å². The van der Waals surface area contributed by atoms with Crippen LogP contribution >= 0.6 is 0 Å². The van der Waals surface area contributed by atoms with Crippen molar-refractivity contribution in [2.45, 2.75) is 31.1 Å². The molecule has 230 valence electrons. The Hall–Kier alpha value is -5.66. The van der Waals surface area contributed by atoms with Crippen molar-refractivity contribution in [1.29, 1.82) is 0 Å². The first-order valence-electron chi connectivity index (χ1n) is 17.2. The third-order valence-corrected chi connectivity index (χ3v) is 10.5. The molecule has 0 aliphatic heterocycles. The third kappa shape index (κ3) is 4.53. The molecule has 2 aliphatic carbocycles. The maximum atomic E-state index is 2.45. The quantitative estimate of drug-likeness (QED) is 0.180. The van der Waals surface area contributed by atoms with E-state index in [0.717, 1.165) is 17.1 Å². The molecule has 0 amide bonds. The highest BCUT2D eigenvalue weighted by molar-refractivity contribution is 5.89. The van der Waals surface area contributed by atoms with Crippen LogP contribution in [-0.4, -0.2) is 0 Å². The van der Waals surface area contributed by atoms with E-state index in [1.165, 1.54) is 81.3 Å². The molecule has 0 saturated carbocycles. The number of rotatable bonds is 6. The molecule has 0 bridgehead atoms. The Balaban J connectivity index is 1.23. The number of para-hydroxylation sites is 1. The molecule has 2 aliphatic rings. The first-order chi connectivity index (χ1) is 23.8. The lowest BCUT2D eigenvalue weighted by molar-refractivity contribution is 0.687. The highest BCUT2D eigenvalue weighted by Gasteiger charge is 2.46. The summed E-state index contributed by atoms with van der Waals surface area (Å²) in [6, 6.07) is 65.0. The zero-order valence-electron chi connectivity index (χ0n) is 27.0. The Morgan fingerprint density at radius 2 is 0.958 bits per heavy atom. The summed E-state index contributed by atoms with van der Waals surface area (Å²) in [7, 11) is 0. The Labute approximate surface area is 283 Å². The molecule has 0 fully saturated rings. The van der Waals surface area contributed by atoms with Gasteiger partial charge < -0.3 is 4.90 Å². The molecule has 48 heavy (non-hydrogen) atoms. The van der Waals surface area contributed by atoms with Crippen molar-refractivity contribution in [2.24, 2.45) is 0 Å². The lowest BCUT2D eigenvalue weighted by Crippen LogP contribution is -2.28. The summed E-state index contributed by atoms with van der Waals surface area (Å²) in [6.45, 7) is 0. The fourth-order valence-corrected chi connectivity index (χ4v) is 8.44. The van der Waals surface area contributed by atoms with Crippen LogP contribution in [0.4, 0.5) is 17.1 Å². The van der Waals surface area contributed by atoms with Crippen molar-refractivity contribution in [3.05, 3.63) is 209 Å². The molecule has 0 atom stereocenters. The number of nitrogens with zero attached hydrogens (tertiary/aromatic N) is 1. The fourth-order valence-electron chi connectivity index (χ4n) is 8.44. The second kappa shape index (κ2) is 11.9. The van der Waals surface area contributed by atoms with Crippen molar-refractivity contribution < 1.29 is 0 Å². The van der Waals surface area contributed by atoms with Gasteiger partial charge in [0.1, 0.15) is 0 Å². The first kappa shape index (κ1) is 28.6. The van der Waals surface area contributed by atoms with Gasteiger partial charge in [0.15, 0.2) is 0 Å². The maximum Gasteiger partial charge on any atom is 0.0714 e. The normalized spacial score (nSPS) is 14.1. The molecule has 0 aromatic heterocycles. The lowest BCUT2D eigenvalue weighted by Gasteiger charge is -2.35. The van der Waals surface area contributed by atoms with Crippen LogP contribution in [0.25, 0.3) is 22.3 Å². The van der Waals surface area contributed by atoms with Gasteiger partial charge in [-0.1, -0.05) is 140 Å². The van der Waals surface area contributed by atoms with Crippen molar-refractivity contribution in [1.82, 2.24) is 0 Å². The molecule has 0 saturated heterocycles. The average molecular weight is 616 g/mol.